The van der Waals surface area contributed by atoms with Gasteiger partial charge in [0, 0.05) is 6.08 Å². The number of hydrogen-bond acceptors (Lipinski definition) is 2. The Hall–Kier alpha value is -2.61. The van der Waals surface area contributed by atoms with E-state index in [4.69, 9.17) is 4.74 Å². The molecule has 0 heterocycles. The van der Waals surface area contributed by atoms with Crippen LogP contribution in [0, 0.1) is 0 Å². The van der Waals surface area contributed by atoms with Crippen LogP contribution in [-0.4, -0.2) is 5.97 Å². The molecule has 0 saturated carbocycles. The van der Waals surface area contributed by atoms with E-state index < -0.39 is 5.97 Å². The molecule has 0 aliphatic carbocycles. The molecular weight excluding hydrogens is 248 g/mol. The molecule has 0 fully saturated rings. The van der Waals surface area contributed by atoms with Crippen LogP contribution in [0.1, 0.15) is 5.56 Å². The van der Waals surface area contributed by atoms with Crippen molar-refractivity contribution in [3.8, 4) is 0 Å². The molecule has 2 nitrogen and oxygen atoms in total. The summed E-state index contributed by atoms with van der Waals surface area (Å²) in [6.45, 7) is 3.67. The summed E-state index contributed by atoms with van der Waals surface area (Å²) in [6, 6.07) is 18.6. The van der Waals surface area contributed by atoms with Gasteiger partial charge < -0.3 is 4.74 Å². The van der Waals surface area contributed by atoms with E-state index in [1.54, 1.807) is 0 Å². The minimum Gasteiger partial charge on any atom is -0.458 e. The minimum absolute atomic E-state index is 0.264. The van der Waals surface area contributed by atoms with Crippen LogP contribution in [0.4, 0.5) is 0 Å². The van der Waals surface area contributed by atoms with Crippen LogP contribution in [0.3, 0.4) is 0 Å². The fourth-order valence-electron chi connectivity index (χ4n) is 2.37. The van der Waals surface area contributed by atoms with Crippen LogP contribution in [0.2, 0.25) is 0 Å². The molecule has 0 bridgehead atoms. The molecule has 0 saturated heterocycles. The highest BCUT2D eigenvalue weighted by atomic mass is 16.5. The maximum Gasteiger partial charge on any atom is 0.330 e. The molecule has 3 rings (SSSR count). The Morgan fingerprint density at radius 1 is 1.00 bits per heavy atom. The first kappa shape index (κ1) is 12.4. The third-order valence-electron chi connectivity index (χ3n) is 3.37. The number of benzene rings is 3. The predicted octanol–water partition coefficient (Wildman–Crippen LogP) is 4.22. The van der Waals surface area contributed by atoms with Crippen molar-refractivity contribution in [2.45, 2.75) is 6.61 Å². The maximum atomic E-state index is 11.2. The van der Waals surface area contributed by atoms with Crippen LogP contribution in [0.15, 0.2) is 67.3 Å². The highest BCUT2D eigenvalue weighted by molar-refractivity contribution is 5.99. The lowest BCUT2D eigenvalue weighted by Crippen LogP contribution is -2.00. The zero-order valence-electron chi connectivity index (χ0n) is 11.0. The molecule has 0 spiro atoms. The maximum absolute atomic E-state index is 11.2. The topological polar surface area (TPSA) is 26.3 Å². The molecule has 0 aliphatic heterocycles. The van der Waals surface area contributed by atoms with Crippen molar-refractivity contribution in [1.82, 2.24) is 0 Å². The molecule has 0 amide bonds. The van der Waals surface area contributed by atoms with E-state index in [1.165, 1.54) is 16.8 Å². The van der Waals surface area contributed by atoms with Crippen molar-refractivity contribution in [3.05, 3.63) is 72.8 Å². The van der Waals surface area contributed by atoms with Gasteiger partial charge in [0.2, 0.25) is 0 Å². The number of carbonyl (C=O) groups excluding carboxylic acids is 1. The van der Waals surface area contributed by atoms with Gasteiger partial charge in [-0.2, -0.15) is 0 Å². The first-order valence-electron chi connectivity index (χ1n) is 6.47. The molecule has 0 radical (unpaired) electrons. The monoisotopic (exact) mass is 262 g/mol. The SMILES string of the molecule is C=CC(=O)OCc1cccc2cc3ccccc3cc12. The second kappa shape index (κ2) is 5.17. The first-order chi connectivity index (χ1) is 9.78. The Morgan fingerprint density at radius 3 is 2.45 bits per heavy atom. The van der Waals surface area contributed by atoms with Crippen molar-refractivity contribution >= 4 is 27.5 Å². The average molecular weight is 262 g/mol. The molecule has 0 N–H and O–H groups in total. The normalized spacial score (nSPS) is 10.6. The van der Waals surface area contributed by atoms with E-state index in [2.05, 4.69) is 36.9 Å². The zero-order valence-corrected chi connectivity index (χ0v) is 11.0. The van der Waals surface area contributed by atoms with Gasteiger partial charge >= 0.3 is 5.97 Å². The van der Waals surface area contributed by atoms with E-state index in [0.717, 1.165) is 16.3 Å². The van der Waals surface area contributed by atoms with Gasteiger partial charge in [-0.3, -0.25) is 0 Å². The standard InChI is InChI=1S/C18H14O2/c1-2-18(19)20-12-16-9-5-8-15-10-13-6-3-4-7-14(13)11-17(15)16/h2-11H,1,12H2. The van der Waals surface area contributed by atoms with E-state index >= 15 is 0 Å². The van der Waals surface area contributed by atoms with Gasteiger partial charge in [0.1, 0.15) is 6.61 Å². The fraction of sp³-hybridized carbons (Fsp3) is 0.0556. The van der Waals surface area contributed by atoms with Gasteiger partial charge in [-0.25, -0.2) is 4.79 Å². The van der Waals surface area contributed by atoms with Gasteiger partial charge in [-0.05, 0) is 39.2 Å². The molecule has 20 heavy (non-hydrogen) atoms. The molecule has 0 atom stereocenters. The highest BCUT2D eigenvalue weighted by Crippen LogP contribution is 2.25. The fourth-order valence-corrected chi connectivity index (χ4v) is 2.37. The number of rotatable bonds is 3. The van der Waals surface area contributed by atoms with E-state index in [0.29, 0.717) is 0 Å². The summed E-state index contributed by atoms with van der Waals surface area (Å²) in [4.78, 5) is 11.2. The highest BCUT2D eigenvalue weighted by Gasteiger charge is 2.05. The molecule has 0 unspecified atom stereocenters. The smallest absolute Gasteiger partial charge is 0.330 e. The van der Waals surface area contributed by atoms with Gasteiger partial charge in [0.05, 0.1) is 0 Å². The van der Waals surface area contributed by atoms with Crippen molar-refractivity contribution in [3.63, 3.8) is 0 Å². The Bertz CT molecular complexity index is 803. The minimum atomic E-state index is -0.400. The third kappa shape index (κ3) is 2.28. The number of esters is 1. The average Bonchev–Trinajstić information content (AvgIpc) is 2.50. The van der Waals surface area contributed by atoms with Crippen molar-refractivity contribution in [1.29, 1.82) is 0 Å². The van der Waals surface area contributed by atoms with Crippen LogP contribution in [-0.2, 0) is 16.1 Å². The van der Waals surface area contributed by atoms with Gasteiger partial charge in [-0.1, -0.05) is 49.0 Å². The van der Waals surface area contributed by atoms with E-state index in [9.17, 15) is 4.79 Å². The third-order valence-corrected chi connectivity index (χ3v) is 3.37. The lowest BCUT2D eigenvalue weighted by molar-refractivity contribution is -0.138. The van der Waals surface area contributed by atoms with Crippen molar-refractivity contribution < 1.29 is 9.53 Å². The van der Waals surface area contributed by atoms with Crippen LogP contribution in [0.5, 0.6) is 0 Å². The lowest BCUT2D eigenvalue weighted by atomic mass is 10.00. The molecule has 2 heteroatoms. The molecular formula is C18H14O2. The summed E-state index contributed by atoms with van der Waals surface area (Å²) >= 11 is 0. The molecule has 3 aromatic carbocycles. The number of hydrogen-bond donors (Lipinski definition) is 0. The Kier molecular flexibility index (Phi) is 3.21. The Balaban J connectivity index is 2.10. The van der Waals surface area contributed by atoms with Gasteiger partial charge in [0.25, 0.3) is 0 Å². The summed E-state index contributed by atoms with van der Waals surface area (Å²) < 4.78 is 5.14. The molecule has 3 aromatic rings. The summed E-state index contributed by atoms with van der Waals surface area (Å²) in [6.07, 6.45) is 1.18. The molecule has 0 aromatic heterocycles. The van der Waals surface area contributed by atoms with Crippen LogP contribution < -0.4 is 0 Å². The predicted molar refractivity (Wildman–Crippen MR) is 81.4 cm³/mol. The number of fused-ring (bicyclic) bond motifs is 2. The quantitative estimate of drug-likeness (QED) is 0.401. The number of ether oxygens (including phenoxy) is 1. The molecule has 98 valence electrons. The Labute approximate surface area is 117 Å². The second-order valence-electron chi connectivity index (χ2n) is 4.65. The summed E-state index contributed by atoms with van der Waals surface area (Å²) in [5.41, 5.74) is 1.00. The van der Waals surface area contributed by atoms with Gasteiger partial charge in [0.15, 0.2) is 0 Å². The number of carbonyl (C=O) groups is 1. The summed E-state index contributed by atoms with van der Waals surface area (Å²) in [5, 5.41) is 4.65. The van der Waals surface area contributed by atoms with E-state index in [-0.39, 0.29) is 6.61 Å². The zero-order chi connectivity index (χ0) is 13.9. The van der Waals surface area contributed by atoms with Crippen LogP contribution in [0.25, 0.3) is 21.5 Å². The Morgan fingerprint density at radius 2 is 1.70 bits per heavy atom. The van der Waals surface area contributed by atoms with E-state index in [1.807, 2.05) is 24.3 Å². The van der Waals surface area contributed by atoms with Crippen molar-refractivity contribution in [2.75, 3.05) is 0 Å². The first-order valence-corrected chi connectivity index (χ1v) is 6.47. The largest absolute Gasteiger partial charge is 0.458 e. The summed E-state index contributed by atoms with van der Waals surface area (Å²) in [5.74, 6) is -0.400. The molecule has 0 aliphatic rings. The van der Waals surface area contributed by atoms with Crippen LogP contribution >= 0.6 is 0 Å². The second-order valence-corrected chi connectivity index (χ2v) is 4.65. The summed E-state index contributed by atoms with van der Waals surface area (Å²) in [7, 11) is 0. The van der Waals surface area contributed by atoms with Crippen molar-refractivity contribution in [2.24, 2.45) is 0 Å². The lowest BCUT2D eigenvalue weighted by Gasteiger charge is -2.08. The van der Waals surface area contributed by atoms with Gasteiger partial charge in [-0.15, -0.1) is 0 Å².